The molecule has 0 atom stereocenters. The number of aryl methyl sites for hydroxylation is 1. The summed E-state index contributed by atoms with van der Waals surface area (Å²) in [6, 6.07) is 2.87. The van der Waals surface area contributed by atoms with Crippen LogP contribution in [0.5, 0.6) is 0 Å². The molecule has 3 aromatic rings. The zero-order valence-corrected chi connectivity index (χ0v) is 19.7. The number of nitrogens with zero attached hydrogens (tertiary/aromatic N) is 4. The zero-order chi connectivity index (χ0) is 25.6. The van der Waals surface area contributed by atoms with Gasteiger partial charge in [-0.3, -0.25) is 14.5 Å². The minimum atomic E-state index is -4.32. The number of aliphatic imine (C=N–C) groups is 1. The van der Waals surface area contributed by atoms with E-state index in [1.165, 1.54) is 0 Å². The first-order valence-corrected chi connectivity index (χ1v) is 12.3. The molecule has 35 heavy (non-hydrogen) atoms. The Hall–Kier alpha value is -4.05. The monoisotopic (exact) mass is 524 g/mol. The Kier molecular flexibility index (Phi) is 7.98. The van der Waals surface area contributed by atoms with Crippen molar-refractivity contribution in [3.63, 3.8) is 0 Å². The number of nitrogens with two attached hydrogens (primary N) is 2. The molecule has 0 spiro atoms. The first-order chi connectivity index (χ1) is 16.5. The van der Waals surface area contributed by atoms with Gasteiger partial charge in [0.1, 0.15) is 28.9 Å². The topological polar surface area (TPSA) is 202 Å². The molecule has 2 aromatic heterocycles. The number of thiazole rings is 1. The molecule has 16 heteroatoms. The normalized spacial score (nSPS) is 11.1. The molecule has 1 amide bonds. The van der Waals surface area contributed by atoms with E-state index in [4.69, 9.17) is 11.5 Å². The molecule has 0 aliphatic carbocycles. The number of rotatable bonds is 11. The van der Waals surface area contributed by atoms with E-state index in [1.54, 1.807) is 23.3 Å². The van der Waals surface area contributed by atoms with Crippen LogP contribution in [0.2, 0.25) is 0 Å². The fraction of sp³-hybridized carbons (Fsp3) is 0.211. The van der Waals surface area contributed by atoms with Crippen molar-refractivity contribution >= 4 is 49.9 Å². The van der Waals surface area contributed by atoms with Crippen molar-refractivity contribution in [2.24, 2.45) is 16.5 Å². The number of carbonyl (C=O) groups is 2. The predicted octanol–water partition coefficient (Wildman–Crippen LogP) is -1.16. The molecular formula is C19H21FN8O5S2. The summed E-state index contributed by atoms with van der Waals surface area (Å²) in [4.78, 5) is 30.2. The summed E-state index contributed by atoms with van der Waals surface area (Å²) >= 11 is 0.731. The summed E-state index contributed by atoms with van der Waals surface area (Å²) < 4.78 is 45.0. The van der Waals surface area contributed by atoms with E-state index in [0.29, 0.717) is 25.6 Å². The van der Waals surface area contributed by atoms with E-state index >= 15 is 0 Å². The largest absolute Gasteiger partial charge is 0.543 e. The Balaban J connectivity index is 1.61. The molecule has 3 rings (SSSR count). The molecule has 0 saturated carbocycles. The smallest absolute Gasteiger partial charge is 0.266 e. The number of guanidine groups is 1. The maximum atomic E-state index is 14.5. The van der Waals surface area contributed by atoms with E-state index in [0.717, 1.165) is 29.0 Å². The van der Waals surface area contributed by atoms with Crippen LogP contribution in [0.3, 0.4) is 0 Å². The summed E-state index contributed by atoms with van der Waals surface area (Å²) in [6.45, 7) is 0.971. The Morgan fingerprint density at radius 3 is 2.77 bits per heavy atom. The van der Waals surface area contributed by atoms with Crippen molar-refractivity contribution in [3.05, 3.63) is 53.9 Å². The average Bonchev–Trinajstić information content (AvgIpc) is 3.41. The van der Waals surface area contributed by atoms with E-state index in [1.807, 2.05) is 9.29 Å². The van der Waals surface area contributed by atoms with E-state index < -0.39 is 38.3 Å². The number of carbonyl (C=O) groups excluding carboxylic acids is 2. The van der Waals surface area contributed by atoms with Gasteiger partial charge >= 0.3 is 0 Å². The molecule has 0 radical (unpaired) electrons. The average molecular weight is 525 g/mol. The highest BCUT2D eigenvalue weighted by Crippen LogP contribution is 2.25. The van der Waals surface area contributed by atoms with Gasteiger partial charge in [-0.15, -0.1) is 11.3 Å². The lowest BCUT2D eigenvalue weighted by Crippen LogP contribution is -2.38. The van der Waals surface area contributed by atoms with Gasteiger partial charge in [0.2, 0.25) is 6.33 Å². The molecule has 0 aliphatic heterocycles. The van der Waals surface area contributed by atoms with Crippen LogP contribution in [-0.4, -0.2) is 42.3 Å². The third kappa shape index (κ3) is 6.97. The number of hydrogen-bond acceptors (Lipinski definition) is 8. The Bertz CT molecular complexity index is 1360. The number of aromatic nitrogens is 3. The summed E-state index contributed by atoms with van der Waals surface area (Å²) in [5.74, 6) is -3.17. The molecule has 0 bridgehead atoms. The number of nitrogens with one attached hydrogen (secondary N) is 2. The van der Waals surface area contributed by atoms with Crippen LogP contribution in [0.15, 0.2) is 52.3 Å². The SMILES string of the molecule is NC(N)=NCCCn1cc[n+](CC(=O)Nc2ccc(S(=O)(=O)Nc3scnc3C(=O)[O-])cc2F)c1. The van der Waals surface area contributed by atoms with Gasteiger partial charge in [0.15, 0.2) is 12.5 Å². The van der Waals surface area contributed by atoms with Crippen molar-refractivity contribution in [2.45, 2.75) is 24.4 Å². The van der Waals surface area contributed by atoms with Crippen molar-refractivity contribution in [2.75, 3.05) is 16.6 Å². The third-order valence-corrected chi connectivity index (χ3v) is 6.67. The number of carboxylic acids is 1. The van der Waals surface area contributed by atoms with Gasteiger partial charge in [0.25, 0.3) is 15.9 Å². The second-order valence-corrected chi connectivity index (χ2v) is 9.63. The number of benzene rings is 1. The molecule has 0 unspecified atom stereocenters. The number of imidazole rings is 1. The van der Waals surface area contributed by atoms with Gasteiger partial charge in [-0.1, -0.05) is 0 Å². The highest BCUT2D eigenvalue weighted by atomic mass is 32.2. The minimum absolute atomic E-state index is 0.0167. The van der Waals surface area contributed by atoms with Crippen molar-refractivity contribution < 1.29 is 32.1 Å². The predicted molar refractivity (Wildman–Crippen MR) is 122 cm³/mol. The summed E-state index contributed by atoms with van der Waals surface area (Å²) in [5.41, 5.74) is 10.9. The maximum Gasteiger partial charge on any atom is 0.266 e. The molecule has 1 aromatic carbocycles. The van der Waals surface area contributed by atoms with E-state index in [2.05, 4.69) is 15.3 Å². The second kappa shape index (κ2) is 10.9. The molecular weight excluding hydrogens is 503 g/mol. The summed E-state index contributed by atoms with van der Waals surface area (Å²) in [7, 11) is -4.32. The number of halogens is 1. The van der Waals surface area contributed by atoms with Gasteiger partial charge in [0, 0.05) is 13.0 Å². The van der Waals surface area contributed by atoms with Crippen molar-refractivity contribution in [3.8, 4) is 0 Å². The van der Waals surface area contributed by atoms with Gasteiger partial charge in [0.05, 0.1) is 28.6 Å². The lowest BCUT2D eigenvalue weighted by molar-refractivity contribution is -0.683. The molecule has 13 nitrogen and oxygen atoms in total. The maximum absolute atomic E-state index is 14.5. The number of sulfonamides is 1. The molecule has 0 saturated heterocycles. The lowest BCUT2D eigenvalue weighted by atomic mass is 10.3. The fourth-order valence-electron chi connectivity index (χ4n) is 2.89. The Morgan fingerprint density at radius 1 is 1.31 bits per heavy atom. The van der Waals surface area contributed by atoms with Crippen LogP contribution in [0, 0.1) is 5.82 Å². The Labute approximate surface area is 203 Å². The number of aromatic carboxylic acids is 1. The van der Waals surface area contributed by atoms with Gasteiger partial charge in [-0.05, 0) is 18.2 Å². The second-order valence-electron chi connectivity index (χ2n) is 7.10. The van der Waals surface area contributed by atoms with Crippen LogP contribution in [0.25, 0.3) is 0 Å². The van der Waals surface area contributed by atoms with Crippen molar-refractivity contribution in [1.82, 2.24) is 9.55 Å². The number of anilines is 2. The number of hydrogen-bond donors (Lipinski definition) is 4. The third-order valence-electron chi connectivity index (χ3n) is 4.45. The molecule has 0 aliphatic rings. The first kappa shape index (κ1) is 25.6. The fourth-order valence-corrected chi connectivity index (χ4v) is 4.89. The highest BCUT2D eigenvalue weighted by Gasteiger charge is 2.21. The quantitative estimate of drug-likeness (QED) is 0.104. The van der Waals surface area contributed by atoms with Gasteiger partial charge in [-0.2, -0.15) is 0 Å². The molecule has 186 valence electrons. The molecule has 2 heterocycles. The highest BCUT2D eigenvalue weighted by molar-refractivity contribution is 7.93. The minimum Gasteiger partial charge on any atom is -0.543 e. The van der Waals surface area contributed by atoms with Crippen LogP contribution in [-0.2, 0) is 27.9 Å². The summed E-state index contributed by atoms with van der Waals surface area (Å²) in [5, 5.41) is 13.1. The van der Waals surface area contributed by atoms with Crippen LogP contribution < -0.4 is 31.2 Å². The Morgan fingerprint density at radius 2 is 2.09 bits per heavy atom. The first-order valence-electron chi connectivity index (χ1n) is 9.92. The standard InChI is InChI=1S/C19H21FN8O5S2/c20-13-8-12(35(32,33)26-17-16(18(30)31)24-10-34-17)2-3-14(13)25-15(29)9-28-7-6-27(11-28)5-1-4-23-19(21)22/h2-3,6-8,10-11,26H,1,4-5,9H2,(H5-,21,22,23,25,29,30,31). The van der Waals surface area contributed by atoms with Crippen LogP contribution in [0.1, 0.15) is 16.9 Å². The molecule has 0 fully saturated rings. The van der Waals surface area contributed by atoms with Crippen molar-refractivity contribution in [1.29, 1.82) is 0 Å². The van der Waals surface area contributed by atoms with E-state index in [9.17, 15) is 27.5 Å². The molecule has 6 N–H and O–H groups in total. The number of carboxylic acid groups (broad SMARTS) is 1. The van der Waals surface area contributed by atoms with E-state index in [-0.39, 0.29) is 23.2 Å². The number of amides is 1. The summed E-state index contributed by atoms with van der Waals surface area (Å²) in [6.07, 6.45) is 5.79. The van der Waals surface area contributed by atoms with Crippen LogP contribution in [0.4, 0.5) is 15.1 Å². The van der Waals surface area contributed by atoms with Gasteiger partial charge < -0.3 is 26.7 Å². The lowest BCUT2D eigenvalue weighted by Gasteiger charge is -2.10. The zero-order valence-electron chi connectivity index (χ0n) is 18.0. The van der Waals surface area contributed by atoms with Crippen LogP contribution >= 0.6 is 11.3 Å². The van der Waals surface area contributed by atoms with Gasteiger partial charge in [-0.25, -0.2) is 26.9 Å².